The minimum atomic E-state index is -0.521. The minimum absolute atomic E-state index is 0.0696. The van der Waals surface area contributed by atoms with Crippen LogP contribution in [0.25, 0.3) is 0 Å². The summed E-state index contributed by atoms with van der Waals surface area (Å²) in [6.45, 7) is 14.7. The van der Waals surface area contributed by atoms with E-state index in [1.165, 1.54) is 12.1 Å². The first-order chi connectivity index (χ1) is 17.2. The van der Waals surface area contributed by atoms with Gasteiger partial charge < -0.3 is 15.2 Å². The van der Waals surface area contributed by atoms with Crippen LogP contribution in [0.5, 0.6) is 0 Å². The number of nitrogens with two attached hydrogens (primary N) is 1. The summed E-state index contributed by atoms with van der Waals surface area (Å²) >= 11 is 3.44. The molecule has 3 N–H and O–H groups in total. The number of hydrogen-bond donors (Lipinski definition) is 2. The molecule has 0 bridgehead atoms. The second-order valence-electron chi connectivity index (χ2n) is 8.40. The highest BCUT2D eigenvalue weighted by Gasteiger charge is 2.32. The molecule has 8 nitrogen and oxygen atoms in total. The topological polar surface area (TPSA) is 104 Å². The molecule has 0 radical (unpaired) electrons. The zero-order chi connectivity index (χ0) is 26.9. The lowest BCUT2D eigenvalue weighted by Gasteiger charge is -2.25. The summed E-state index contributed by atoms with van der Waals surface area (Å²) in [5, 5.41) is 0. The molecule has 0 saturated carbocycles. The molecule has 0 aliphatic carbocycles. The van der Waals surface area contributed by atoms with Gasteiger partial charge in [0.1, 0.15) is 5.82 Å². The van der Waals surface area contributed by atoms with Crippen LogP contribution < -0.4 is 11.2 Å². The van der Waals surface area contributed by atoms with Crippen LogP contribution in [0.4, 0.5) is 10.3 Å². The molecule has 0 amide bonds. The second kappa shape index (κ2) is 14.0. The minimum Gasteiger partial charge on any atom is -0.368 e. The molecule has 200 valence electrons. The van der Waals surface area contributed by atoms with E-state index in [1.807, 2.05) is 48.5 Å². The van der Waals surface area contributed by atoms with Gasteiger partial charge in [-0.3, -0.25) is 9.83 Å². The monoisotopic (exact) mass is 567 g/mol. The molecule has 10 heteroatoms. The Balaban J connectivity index is 0.00000109. The number of halogens is 2. The predicted molar refractivity (Wildman–Crippen MR) is 144 cm³/mol. The normalized spacial score (nSPS) is 19.8. The Morgan fingerprint density at radius 3 is 2.58 bits per heavy atom. The van der Waals surface area contributed by atoms with Crippen LogP contribution >= 0.6 is 15.9 Å². The molecule has 2 aliphatic rings. The highest BCUT2D eigenvalue weighted by molar-refractivity contribution is 9.10. The number of hydroxylamine groups is 1. The lowest BCUT2D eigenvalue weighted by molar-refractivity contribution is -0.139. The number of amidine groups is 1. The Bertz CT molecular complexity index is 1030. The van der Waals surface area contributed by atoms with Gasteiger partial charge in [-0.05, 0) is 51.3 Å². The van der Waals surface area contributed by atoms with Crippen molar-refractivity contribution in [2.24, 2.45) is 4.99 Å². The van der Waals surface area contributed by atoms with Crippen molar-refractivity contribution >= 4 is 27.7 Å². The first-order valence-corrected chi connectivity index (χ1v) is 13.4. The summed E-state index contributed by atoms with van der Waals surface area (Å²) in [5.74, 6) is -0.0913. The average molecular weight is 569 g/mol. The van der Waals surface area contributed by atoms with E-state index in [4.69, 9.17) is 25.0 Å². The van der Waals surface area contributed by atoms with E-state index >= 15 is 0 Å². The number of nitrogen functional groups attached to an aromatic ring is 1. The van der Waals surface area contributed by atoms with Crippen molar-refractivity contribution in [3.8, 4) is 0 Å². The van der Waals surface area contributed by atoms with Crippen LogP contribution in [0, 0.1) is 12.7 Å². The number of aromatic nitrogens is 2. The van der Waals surface area contributed by atoms with Crippen molar-refractivity contribution in [3.05, 3.63) is 51.0 Å². The van der Waals surface area contributed by atoms with Crippen molar-refractivity contribution in [3.63, 3.8) is 0 Å². The van der Waals surface area contributed by atoms with Crippen LogP contribution in [0.2, 0.25) is 0 Å². The molecule has 1 saturated heterocycles. The molecule has 1 aromatic heterocycles. The third kappa shape index (κ3) is 7.93. The number of hydrogen-bond acceptors (Lipinski definition) is 8. The number of ether oxygens (including phenoxy) is 2. The third-order valence-corrected chi connectivity index (χ3v) is 6.11. The quantitative estimate of drug-likeness (QED) is 0.335. The third-order valence-electron chi connectivity index (χ3n) is 5.42. The highest BCUT2D eigenvalue weighted by Crippen LogP contribution is 2.34. The highest BCUT2D eigenvalue weighted by atomic mass is 79.9. The first kappa shape index (κ1) is 30.1. The summed E-state index contributed by atoms with van der Waals surface area (Å²) in [4.78, 5) is 19.3. The van der Waals surface area contributed by atoms with Crippen LogP contribution in [0.3, 0.4) is 0 Å². The molecule has 2 aliphatic heterocycles. The maximum absolute atomic E-state index is 13.6. The summed E-state index contributed by atoms with van der Waals surface area (Å²) < 4.78 is 25.6. The number of nitrogens with one attached hydrogen (secondary N) is 1. The molecule has 1 aromatic carbocycles. The van der Waals surface area contributed by atoms with Crippen LogP contribution in [-0.4, -0.2) is 40.9 Å². The fraction of sp³-hybridized carbons (Fsp3) is 0.577. The molecule has 3 heterocycles. The second-order valence-corrected chi connectivity index (χ2v) is 9.25. The molecule has 2 atom stereocenters. The zero-order valence-electron chi connectivity index (χ0n) is 22.3. The number of nitrogens with zero attached hydrogens (tertiary/aromatic N) is 3. The Morgan fingerprint density at radius 2 is 1.94 bits per heavy atom. The Kier molecular flexibility index (Phi) is 11.7. The summed E-state index contributed by atoms with van der Waals surface area (Å²) in [7, 11) is 0. The van der Waals surface area contributed by atoms with E-state index in [0.717, 1.165) is 35.4 Å². The number of rotatable bonds is 6. The van der Waals surface area contributed by atoms with Gasteiger partial charge in [0, 0.05) is 10.9 Å². The Morgan fingerprint density at radius 1 is 1.22 bits per heavy atom. The van der Waals surface area contributed by atoms with E-state index < -0.39 is 5.79 Å². The van der Waals surface area contributed by atoms with Gasteiger partial charge in [-0.1, -0.05) is 49.7 Å². The smallest absolute Gasteiger partial charge is 0.220 e. The lowest BCUT2D eigenvalue weighted by atomic mass is 9.95. The van der Waals surface area contributed by atoms with E-state index in [1.54, 1.807) is 6.07 Å². The average Bonchev–Trinajstić information content (AvgIpc) is 3.19. The van der Waals surface area contributed by atoms with Crippen molar-refractivity contribution in [1.29, 1.82) is 0 Å². The zero-order valence-corrected chi connectivity index (χ0v) is 23.9. The number of anilines is 1. The largest absolute Gasteiger partial charge is 0.368 e. The molecule has 0 spiro atoms. The lowest BCUT2D eigenvalue weighted by Crippen LogP contribution is -2.32. The molecule has 4 rings (SSSR count). The Hall–Kier alpha value is -2.14. The van der Waals surface area contributed by atoms with E-state index in [-0.39, 0.29) is 23.9 Å². The number of fused-ring (bicyclic) bond motifs is 1. The fourth-order valence-corrected chi connectivity index (χ4v) is 4.61. The van der Waals surface area contributed by atoms with Gasteiger partial charge in [-0.15, -0.1) is 0 Å². The van der Waals surface area contributed by atoms with Gasteiger partial charge in [-0.2, -0.15) is 0 Å². The number of aliphatic imine (C=N–C) groups is 1. The molecule has 2 aromatic rings. The molecule has 2 unspecified atom stereocenters. The van der Waals surface area contributed by atoms with Crippen LogP contribution in [0.15, 0.2) is 27.7 Å². The Labute approximate surface area is 222 Å². The van der Waals surface area contributed by atoms with Crippen molar-refractivity contribution < 1.29 is 18.7 Å². The van der Waals surface area contributed by atoms with E-state index in [0.29, 0.717) is 29.9 Å². The summed E-state index contributed by atoms with van der Waals surface area (Å²) in [6, 6.07) is 4.30. The maximum Gasteiger partial charge on any atom is 0.220 e. The summed E-state index contributed by atoms with van der Waals surface area (Å²) in [6.07, 6.45) is 2.21. The van der Waals surface area contributed by atoms with E-state index in [9.17, 15) is 4.39 Å². The van der Waals surface area contributed by atoms with Gasteiger partial charge in [0.25, 0.3) is 0 Å². The predicted octanol–water partition coefficient (Wildman–Crippen LogP) is 5.82. The van der Waals surface area contributed by atoms with Gasteiger partial charge >= 0.3 is 0 Å². The van der Waals surface area contributed by atoms with E-state index in [2.05, 4.69) is 31.4 Å². The SMILES string of the molecule is CC.CC.Cc1nc(N)nc2c1C(NOCCCC1COC(C)(C)O1)=NC(c1ccc(F)cc1Br)C2. The van der Waals surface area contributed by atoms with Gasteiger partial charge in [0.05, 0.1) is 42.3 Å². The molecule has 36 heavy (non-hydrogen) atoms. The number of benzene rings is 1. The van der Waals surface area contributed by atoms with Gasteiger partial charge in [0.2, 0.25) is 5.95 Å². The van der Waals surface area contributed by atoms with Crippen LogP contribution in [0.1, 0.15) is 82.9 Å². The van der Waals surface area contributed by atoms with Gasteiger partial charge in [-0.25, -0.2) is 19.8 Å². The summed E-state index contributed by atoms with van der Waals surface area (Å²) in [5.41, 5.74) is 12.0. The molecular weight excluding hydrogens is 529 g/mol. The molecular formula is C26H39BrFN5O3. The maximum atomic E-state index is 13.6. The van der Waals surface area contributed by atoms with Gasteiger partial charge in [0.15, 0.2) is 11.6 Å². The van der Waals surface area contributed by atoms with Crippen molar-refractivity contribution in [1.82, 2.24) is 15.4 Å². The van der Waals surface area contributed by atoms with Crippen LogP contribution in [-0.2, 0) is 20.7 Å². The first-order valence-electron chi connectivity index (χ1n) is 12.6. The van der Waals surface area contributed by atoms with Crippen molar-refractivity contribution in [2.45, 2.75) is 85.7 Å². The fourth-order valence-electron chi connectivity index (χ4n) is 4.00. The molecule has 1 fully saturated rings. The number of aryl methyl sites for hydroxylation is 1. The van der Waals surface area contributed by atoms with Crippen molar-refractivity contribution in [2.75, 3.05) is 18.9 Å². The standard InChI is InChI=1S/C22H27BrFN5O3.2C2H6/c1-12-19-18(28-21(25)26-12)10-17(15-7-6-13(24)9-16(15)23)27-20(19)29-31-8-4-5-14-11-30-22(2,3)32-14;2*1-2/h6-7,9,14,17H,4-5,8,10-11H2,1-3H3,(H,27,29)(H2,25,26,28);2*1-2H3.